The van der Waals surface area contributed by atoms with Gasteiger partial charge >= 0.3 is 0 Å². The smallest absolute Gasteiger partial charge is 0.262 e. The Bertz CT molecular complexity index is 1420. The molecule has 30 heavy (non-hydrogen) atoms. The third-order valence-corrected chi connectivity index (χ3v) is 5.84. The number of alkyl halides is 4. The molecule has 0 fully saturated rings. The summed E-state index contributed by atoms with van der Waals surface area (Å²) in [4.78, 5) is 13.5. The van der Waals surface area contributed by atoms with Crippen molar-refractivity contribution in [3.63, 3.8) is 0 Å². The van der Waals surface area contributed by atoms with Crippen molar-refractivity contribution in [1.82, 2.24) is 34.3 Å². The molecule has 0 saturated carbocycles. The average molecular weight is 435 g/mol. The van der Waals surface area contributed by atoms with Gasteiger partial charge in [0, 0.05) is 11.1 Å². The molecule has 0 atom stereocenters. The van der Waals surface area contributed by atoms with E-state index < -0.39 is 12.9 Å². The Morgan fingerprint density at radius 1 is 1.00 bits per heavy atom. The van der Waals surface area contributed by atoms with Gasteiger partial charge in [-0.25, -0.2) is 37.0 Å². The van der Waals surface area contributed by atoms with Crippen LogP contribution in [0.2, 0.25) is 0 Å². The van der Waals surface area contributed by atoms with Crippen LogP contribution in [-0.2, 0) is 6.54 Å². The maximum absolute atomic E-state index is 13.1. The van der Waals surface area contributed by atoms with E-state index in [0.717, 1.165) is 0 Å². The van der Waals surface area contributed by atoms with Gasteiger partial charge < -0.3 is 0 Å². The fraction of sp³-hybridized carbons (Fsp3) is 0.278. The van der Waals surface area contributed by atoms with Crippen LogP contribution in [0.5, 0.6) is 0 Å². The van der Waals surface area contributed by atoms with Crippen LogP contribution in [0.15, 0.2) is 18.5 Å². The second-order valence-electron chi connectivity index (χ2n) is 6.83. The lowest BCUT2D eigenvalue weighted by molar-refractivity contribution is 0.145. The van der Waals surface area contributed by atoms with Crippen molar-refractivity contribution in [2.24, 2.45) is 0 Å². The van der Waals surface area contributed by atoms with Crippen LogP contribution in [0.4, 0.5) is 17.6 Å². The molecule has 0 aliphatic carbocycles. The van der Waals surface area contributed by atoms with Gasteiger partial charge in [0.25, 0.3) is 12.9 Å². The first-order valence-corrected chi connectivity index (χ1v) is 9.68. The van der Waals surface area contributed by atoms with E-state index in [1.165, 1.54) is 39.0 Å². The highest BCUT2D eigenvalue weighted by Crippen LogP contribution is 2.36. The summed E-state index contributed by atoms with van der Waals surface area (Å²) >= 11 is 1.22. The fourth-order valence-electron chi connectivity index (χ4n) is 3.39. The van der Waals surface area contributed by atoms with Crippen molar-refractivity contribution in [1.29, 1.82) is 0 Å². The lowest BCUT2D eigenvalue weighted by Gasteiger charge is -2.01. The normalized spacial score (nSPS) is 12.4. The second kappa shape index (κ2) is 6.69. The van der Waals surface area contributed by atoms with Gasteiger partial charge in [-0.1, -0.05) is 0 Å². The number of nitrogens with zero attached hydrogens (tertiary/aromatic N) is 7. The Labute approximate surface area is 170 Å². The zero-order valence-electron chi connectivity index (χ0n) is 15.6. The molecule has 12 heteroatoms. The Morgan fingerprint density at radius 3 is 2.47 bits per heavy atom. The van der Waals surface area contributed by atoms with E-state index in [-0.39, 0.29) is 17.9 Å². The summed E-state index contributed by atoms with van der Waals surface area (Å²) in [6.07, 6.45) is -3.84. The summed E-state index contributed by atoms with van der Waals surface area (Å²) in [6.45, 7) is 3.53. The fourth-order valence-corrected chi connectivity index (χ4v) is 4.58. The zero-order chi connectivity index (χ0) is 21.2. The van der Waals surface area contributed by atoms with Crippen LogP contribution in [0.1, 0.15) is 41.3 Å². The van der Waals surface area contributed by atoms with E-state index in [1.807, 2.05) is 0 Å². The lowest BCUT2D eigenvalue weighted by atomic mass is 10.1. The number of thiophene rings is 1. The van der Waals surface area contributed by atoms with Gasteiger partial charge in [0.1, 0.15) is 33.8 Å². The molecule has 0 aliphatic rings. The van der Waals surface area contributed by atoms with Crippen LogP contribution in [0, 0.1) is 13.8 Å². The lowest BCUT2D eigenvalue weighted by Crippen LogP contribution is -2.06. The second-order valence-corrected chi connectivity index (χ2v) is 7.83. The number of fused-ring (bicyclic) bond motifs is 5. The highest BCUT2D eigenvalue weighted by molar-refractivity contribution is 7.26. The van der Waals surface area contributed by atoms with E-state index in [0.29, 0.717) is 43.2 Å². The summed E-state index contributed by atoms with van der Waals surface area (Å²) in [5.41, 5.74) is 1.74. The van der Waals surface area contributed by atoms with Gasteiger partial charge in [0.2, 0.25) is 0 Å². The molecule has 0 radical (unpaired) electrons. The number of halogens is 4. The number of hydrogen-bond donors (Lipinski definition) is 0. The first-order chi connectivity index (χ1) is 14.3. The summed E-state index contributed by atoms with van der Waals surface area (Å²) in [7, 11) is 0. The van der Waals surface area contributed by atoms with Crippen molar-refractivity contribution in [3.8, 4) is 0 Å². The summed E-state index contributed by atoms with van der Waals surface area (Å²) in [6, 6.07) is 2.68. The van der Waals surface area contributed by atoms with E-state index in [9.17, 15) is 17.6 Å². The number of aryl methyl sites for hydroxylation is 2. The zero-order valence-corrected chi connectivity index (χ0v) is 16.5. The first kappa shape index (κ1) is 18.9. The van der Waals surface area contributed by atoms with Crippen molar-refractivity contribution < 1.29 is 17.6 Å². The maximum Gasteiger partial charge on any atom is 0.282 e. The molecule has 7 nitrogen and oxygen atoms in total. The van der Waals surface area contributed by atoms with Crippen molar-refractivity contribution in [3.05, 3.63) is 46.9 Å². The third kappa shape index (κ3) is 2.90. The minimum atomic E-state index is -2.67. The molecule has 0 aromatic carbocycles. The van der Waals surface area contributed by atoms with Gasteiger partial charge in [0.05, 0.1) is 5.52 Å². The van der Waals surface area contributed by atoms with E-state index >= 15 is 0 Å². The molecule has 5 aromatic rings. The SMILES string of the molecule is Cc1cc(C(F)F)nc2sc3c(ncn4nc(Cn5nc(C(F)F)cc5C)nc34)c12. The monoisotopic (exact) mass is 435 g/mol. The molecule has 0 unspecified atom stereocenters. The number of aromatic nitrogens is 7. The number of pyridine rings is 1. The van der Waals surface area contributed by atoms with Crippen LogP contribution in [-0.4, -0.2) is 34.3 Å². The molecular weight excluding hydrogens is 422 g/mol. The summed E-state index contributed by atoms with van der Waals surface area (Å²) < 4.78 is 55.6. The Morgan fingerprint density at radius 2 is 1.77 bits per heavy atom. The van der Waals surface area contributed by atoms with Gasteiger partial charge in [-0.3, -0.25) is 4.68 Å². The predicted octanol–water partition coefficient (Wildman–Crippen LogP) is 4.62. The first-order valence-electron chi connectivity index (χ1n) is 8.86. The van der Waals surface area contributed by atoms with Gasteiger partial charge in [-0.15, -0.1) is 16.4 Å². The van der Waals surface area contributed by atoms with Crippen LogP contribution < -0.4 is 0 Å². The molecule has 5 heterocycles. The van der Waals surface area contributed by atoms with Gasteiger partial charge in [-0.05, 0) is 31.5 Å². The quantitative estimate of drug-likeness (QED) is 0.385. The van der Waals surface area contributed by atoms with Crippen molar-refractivity contribution in [2.75, 3.05) is 0 Å². The minimum Gasteiger partial charge on any atom is -0.262 e. The molecular formula is C18H13F4N7S. The highest BCUT2D eigenvalue weighted by Gasteiger charge is 2.20. The molecule has 0 aliphatic heterocycles. The Hall–Kier alpha value is -3.15. The van der Waals surface area contributed by atoms with Crippen LogP contribution in [0.3, 0.4) is 0 Å². The van der Waals surface area contributed by atoms with Gasteiger partial charge in [0.15, 0.2) is 11.5 Å². The third-order valence-electron chi connectivity index (χ3n) is 4.77. The number of hydrogen-bond acceptors (Lipinski definition) is 6. The minimum absolute atomic E-state index is 0.111. The standard InChI is InChI=1S/C18H13F4N7S/c1-7-3-9(15(19)20)24-18-12(7)13-14(30-18)17-25-11(27-29(17)6-23-13)5-28-8(2)4-10(26-28)16(21)22/h3-4,6,15-16H,5H2,1-2H3. The highest BCUT2D eigenvalue weighted by atomic mass is 32.1. The van der Waals surface area contributed by atoms with Crippen LogP contribution >= 0.6 is 11.3 Å². The predicted molar refractivity (Wildman–Crippen MR) is 102 cm³/mol. The van der Waals surface area contributed by atoms with Crippen molar-refractivity contribution >= 4 is 37.4 Å². The van der Waals surface area contributed by atoms with Gasteiger partial charge in [-0.2, -0.15) is 5.10 Å². The summed E-state index contributed by atoms with van der Waals surface area (Å²) in [5, 5.41) is 8.95. The topological polar surface area (TPSA) is 73.8 Å². The molecule has 0 saturated heterocycles. The molecule has 0 bridgehead atoms. The number of rotatable bonds is 4. The van der Waals surface area contributed by atoms with Crippen LogP contribution in [0.25, 0.3) is 26.1 Å². The van der Waals surface area contributed by atoms with E-state index in [1.54, 1.807) is 13.8 Å². The molecule has 5 aromatic heterocycles. The van der Waals surface area contributed by atoms with E-state index in [2.05, 4.69) is 25.1 Å². The average Bonchev–Trinajstić information content (AvgIpc) is 3.36. The Balaban J connectivity index is 1.64. The molecule has 0 N–H and O–H groups in total. The van der Waals surface area contributed by atoms with E-state index in [4.69, 9.17) is 0 Å². The largest absolute Gasteiger partial charge is 0.282 e. The maximum atomic E-state index is 13.1. The molecule has 154 valence electrons. The molecule has 0 amide bonds. The summed E-state index contributed by atoms with van der Waals surface area (Å²) in [5.74, 6) is 0.367. The van der Waals surface area contributed by atoms with Crippen molar-refractivity contribution in [2.45, 2.75) is 33.2 Å². The molecule has 5 rings (SSSR count). The Kier molecular flexibility index (Phi) is 4.20. The molecule has 0 spiro atoms.